The Bertz CT molecular complexity index is 539. The molecule has 2 heteroatoms. The summed E-state index contributed by atoms with van der Waals surface area (Å²) in [5, 5.41) is 2.90. The van der Waals surface area contributed by atoms with Gasteiger partial charge in [-0.15, -0.1) is 0 Å². The lowest BCUT2D eigenvalue weighted by atomic mass is 10.1. The summed E-state index contributed by atoms with van der Waals surface area (Å²) in [5.41, 5.74) is 1.09. The van der Waals surface area contributed by atoms with Gasteiger partial charge in [0.05, 0.1) is 0 Å². The normalized spacial score (nSPS) is 25.9. The van der Waals surface area contributed by atoms with E-state index in [0.29, 0.717) is 11.8 Å². The Labute approximate surface area is 109 Å². The zero-order chi connectivity index (χ0) is 12.8. The summed E-state index contributed by atoms with van der Waals surface area (Å²) in [6, 6.07) is 10.7. The lowest BCUT2D eigenvalue weighted by Gasteiger charge is -2.29. The summed E-state index contributed by atoms with van der Waals surface area (Å²) in [5.74, 6) is 0.926. The molecule has 0 heterocycles. The summed E-state index contributed by atoms with van der Waals surface area (Å²) in [4.78, 5) is 11.4. The third-order valence-electron chi connectivity index (χ3n) is 4.46. The Morgan fingerprint density at radius 3 is 2.44 bits per heavy atom. The topological polar surface area (TPSA) is 17.1 Å². The van der Waals surface area contributed by atoms with Crippen LogP contribution in [0.1, 0.15) is 6.42 Å². The molecule has 92 valence electrons. The van der Waals surface area contributed by atoms with Crippen LogP contribution in [0.4, 0.5) is 0 Å². The average molecular weight is 254 g/mol. The molecule has 18 heavy (non-hydrogen) atoms. The molecular formula is C16H18OSi. The van der Waals surface area contributed by atoms with Crippen molar-refractivity contribution in [1.29, 1.82) is 0 Å². The molecule has 0 amide bonds. The lowest BCUT2D eigenvalue weighted by molar-refractivity contribution is -0.105. The van der Waals surface area contributed by atoms with Crippen LogP contribution in [0.2, 0.25) is 13.1 Å². The van der Waals surface area contributed by atoms with E-state index in [-0.39, 0.29) is 0 Å². The minimum Gasteiger partial charge on any atom is -0.298 e. The molecule has 2 aliphatic rings. The van der Waals surface area contributed by atoms with Crippen molar-refractivity contribution in [3.05, 3.63) is 53.3 Å². The molecule has 0 radical (unpaired) electrons. The van der Waals surface area contributed by atoms with Gasteiger partial charge in [-0.25, -0.2) is 0 Å². The number of carbonyl (C=O) groups excluding carboxylic acids is 1. The Balaban J connectivity index is 2.09. The predicted octanol–water partition coefficient (Wildman–Crippen LogP) is 2.84. The molecule has 3 rings (SSSR count). The van der Waals surface area contributed by atoms with Crippen molar-refractivity contribution in [2.24, 2.45) is 11.8 Å². The van der Waals surface area contributed by atoms with Gasteiger partial charge in [0.15, 0.2) is 0 Å². The first kappa shape index (κ1) is 11.7. The van der Waals surface area contributed by atoms with Gasteiger partial charge in [0.25, 0.3) is 0 Å². The van der Waals surface area contributed by atoms with Gasteiger partial charge >= 0.3 is 0 Å². The van der Waals surface area contributed by atoms with Crippen LogP contribution in [-0.4, -0.2) is 14.4 Å². The molecule has 0 saturated heterocycles. The zero-order valence-corrected chi connectivity index (χ0v) is 11.9. The second kappa shape index (κ2) is 4.06. The molecule has 0 aromatic heterocycles. The van der Waals surface area contributed by atoms with E-state index in [4.69, 9.17) is 0 Å². The van der Waals surface area contributed by atoms with Crippen LogP contribution in [0.3, 0.4) is 0 Å². The number of aldehydes is 1. The van der Waals surface area contributed by atoms with Crippen molar-refractivity contribution < 1.29 is 4.79 Å². The van der Waals surface area contributed by atoms with E-state index >= 15 is 0 Å². The first-order valence-electron chi connectivity index (χ1n) is 6.58. The minimum atomic E-state index is -1.69. The largest absolute Gasteiger partial charge is 0.298 e. The van der Waals surface area contributed by atoms with Crippen LogP contribution in [0, 0.1) is 11.8 Å². The van der Waals surface area contributed by atoms with Gasteiger partial charge in [-0.3, -0.25) is 4.79 Å². The fourth-order valence-corrected chi connectivity index (χ4v) is 6.99. The molecule has 0 N–H and O–H groups in total. The molecule has 0 saturated carbocycles. The number of hydrogen-bond donors (Lipinski definition) is 0. The molecule has 1 nitrogen and oxygen atoms in total. The maximum atomic E-state index is 11.4. The maximum Gasteiger partial charge on any atom is 0.146 e. The van der Waals surface area contributed by atoms with Crippen LogP contribution < -0.4 is 5.19 Å². The van der Waals surface area contributed by atoms with Crippen molar-refractivity contribution in [1.82, 2.24) is 0 Å². The van der Waals surface area contributed by atoms with Crippen LogP contribution in [0.5, 0.6) is 0 Å². The molecule has 2 bridgehead atoms. The third-order valence-corrected chi connectivity index (χ3v) is 8.24. The number of fused-ring (bicyclic) bond motifs is 2. The number of rotatable bonds is 3. The smallest absolute Gasteiger partial charge is 0.146 e. The van der Waals surface area contributed by atoms with Crippen LogP contribution in [0.25, 0.3) is 0 Å². The Morgan fingerprint density at radius 1 is 1.11 bits per heavy atom. The lowest BCUT2D eigenvalue weighted by Crippen LogP contribution is -2.45. The Hall–Kier alpha value is -1.41. The first-order chi connectivity index (χ1) is 8.64. The molecule has 0 aliphatic heterocycles. The van der Waals surface area contributed by atoms with E-state index in [0.717, 1.165) is 18.3 Å². The molecular weight excluding hydrogens is 236 g/mol. The van der Waals surface area contributed by atoms with Gasteiger partial charge < -0.3 is 0 Å². The van der Waals surface area contributed by atoms with Gasteiger partial charge in [0.1, 0.15) is 14.4 Å². The standard InChI is InChI=1S/C16H18OSi/c1-18(2,14-6-4-3-5-7-14)16-13-9-8-12(10-13)15(16)11-17/h3-9,11-13H,10H2,1-2H3/t12-,13+/m1/s1. The van der Waals surface area contributed by atoms with Crippen molar-refractivity contribution in [3.63, 3.8) is 0 Å². The van der Waals surface area contributed by atoms with E-state index in [9.17, 15) is 4.79 Å². The monoisotopic (exact) mass is 254 g/mol. The van der Waals surface area contributed by atoms with E-state index in [1.165, 1.54) is 10.4 Å². The fraction of sp³-hybridized carbons (Fsp3) is 0.312. The van der Waals surface area contributed by atoms with Gasteiger partial charge in [-0.1, -0.05) is 66.0 Å². The first-order valence-corrected chi connectivity index (χ1v) is 9.58. The zero-order valence-electron chi connectivity index (χ0n) is 10.9. The number of allylic oxidation sites excluding steroid dienone is 4. The van der Waals surface area contributed by atoms with Crippen LogP contribution >= 0.6 is 0 Å². The van der Waals surface area contributed by atoms with Crippen molar-refractivity contribution in [2.75, 3.05) is 0 Å². The van der Waals surface area contributed by atoms with Gasteiger partial charge in [-0.05, 0) is 17.9 Å². The number of carbonyl (C=O) groups is 1. The van der Waals surface area contributed by atoms with Crippen LogP contribution in [0.15, 0.2) is 53.3 Å². The number of benzene rings is 1. The summed E-state index contributed by atoms with van der Waals surface area (Å²) in [6.45, 7) is 4.74. The maximum absolute atomic E-state index is 11.4. The summed E-state index contributed by atoms with van der Waals surface area (Å²) >= 11 is 0. The van der Waals surface area contributed by atoms with Crippen molar-refractivity contribution in [3.8, 4) is 0 Å². The highest BCUT2D eigenvalue weighted by molar-refractivity contribution is 6.96. The second-order valence-electron chi connectivity index (χ2n) is 5.81. The molecule has 0 spiro atoms. The Kier molecular flexibility index (Phi) is 2.63. The Morgan fingerprint density at radius 2 is 1.78 bits per heavy atom. The van der Waals surface area contributed by atoms with Gasteiger partial charge in [0.2, 0.25) is 0 Å². The quantitative estimate of drug-likeness (QED) is 0.460. The van der Waals surface area contributed by atoms with Gasteiger partial charge in [-0.2, -0.15) is 0 Å². The van der Waals surface area contributed by atoms with Crippen molar-refractivity contribution >= 4 is 19.5 Å². The van der Waals surface area contributed by atoms with Gasteiger partial charge in [0, 0.05) is 5.92 Å². The average Bonchev–Trinajstić information content (AvgIpc) is 2.99. The highest BCUT2D eigenvalue weighted by Gasteiger charge is 2.43. The highest BCUT2D eigenvalue weighted by Crippen LogP contribution is 2.46. The SMILES string of the molecule is C[Si](C)(C1=C(C=O)[C@@H]2C=C[C@H]1C2)c1ccccc1. The van der Waals surface area contributed by atoms with Crippen LogP contribution in [-0.2, 0) is 4.79 Å². The molecule has 0 unspecified atom stereocenters. The number of hydrogen-bond acceptors (Lipinski definition) is 1. The molecule has 0 fully saturated rings. The van der Waals surface area contributed by atoms with E-state index in [1.807, 2.05) is 0 Å². The predicted molar refractivity (Wildman–Crippen MR) is 77.4 cm³/mol. The van der Waals surface area contributed by atoms with Crippen molar-refractivity contribution in [2.45, 2.75) is 19.5 Å². The molecule has 2 atom stereocenters. The summed E-state index contributed by atoms with van der Waals surface area (Å²) in [6.07, 6.45) is 6.77. The highest BCUT2D eigenvalue weighted by atomic mass is 28.3. The van der Waals surface area contributed by atoms with E-state index < -0.39 is 8.07 Å². The third kappa shape index (κ3) is 1.56. The summed E-state index contributed by atoms with van der Waals surface area (Å²) in [7, 11) is -1.69. The molecule has 1 aromatic rings. The molecule has 2 aliphatic carbocycles. The second-order valence-corrected chi connectivity index (χ2v) is 10.2. The molecule has 1 aromatic carbocycles. The minimum absolute atomic E-state index is 0.401. The van der Waals surface area contributed by atoms with E-state index in [1.54, 1.807) is 0 Å². The fourth-order valence-electron chi connectivity index (χ4n) is 3.54. The summed E-state index contributed by atoms with van der Waals surface area (Å²) < 4.78 is 0. The van der Waals surface area contributed by atoms with E-state index in [2.05, 4.69) is 55.6 Å².